The molecular formula is C18H28N2O. The highest BCUT2D eigenvalue weighted by Crippen LogP contribution is 2.25. The van der Waals surface area contributed by atoms with E-state index in [1.165, 1.54) is 43.7 Å². The first kappa shape index (κ1) is 14.7. The second kappa shape index (κ2) is 6.69. The van der Waals surface area contributed by atoms with E-state index in [4.69, 9.17) is 4.74 Å². The van der Waals surface area contributed by atoms with Gasteiger partial charge in [-0.1, -0.05) is 0 Å². The molecule has 21 heavy (non-hydrogen) atoms. The number of benzene rings is 1. The Morgan fingerprint density at radius 3 is 2.19 bits per heavy atom. The van der Waals surface area contributed by atoms with Gasteiger partial charge >= 0.3 is 0 Å². The number of nitrogens with zero attached hydrogens (tertiary/aromatic N) is 1. The van der Waals surface area contributed by atoms with Crippen LogP contribution in [-0.2, 0) is 4.74 Å². The third-order valence-electron chi connectivity index (χ3n) is 4.66. The summed E-state index contributed by atoms with van der Waals surface area (Å²) in [6, 6.07) is 9.52. The summed E-state index contributed by atoms with van der Waals surface area (Å²) in [5.74, 6) is 0. The number of nitrogens with one attached hydrogen (secondary N) is 1. The fraction of sp³-hybridized carbons (Fsp3) is 0.667. The van der Waals surface area contributed by atoms with Gasteiger partial charge in [-0.25, -0.2) is 0 Å². The Bertz CT molecular complexity index is 429. The SMILES string of the molecule is CC1CC(Nc2ccc(N3CCCCC3)cc2)CC(C)O1. The molecule has 2 aliphatic rings. The van der Waals surface area contributed by atoms with E-state index in [0.29, 0.717) is 18.2 Å². The Labute approximate surface area is 128 Å². The molecule has 1 N–H and O–H groups in total. The predicted octanol–water partition coefficient (Wildman–Crippen LogP) is 4.04. The Morgan fingerprint density at radius 1 is 0.952 bits per heavy atom. The average molecular weight is 288 g/mol. The smallest absolute Gasteiger partial charge is 0.0570 e. The molecular weight excluding hydrogens is 260 g/mol. The van der Waals surface area contributed by atoms with E-state index in [1.807, 2.05) is 0 Å². The second-order valence-corrected chi connectivity index (χ2v) is 6.66. The van der Waals surface area contributed by atoms with Crippen molar-refractivity contribution >= 4 is 11.4 Å². The molecule has 1 aromatic carbocycles. The Balaban J connectivity index is 1.59. The van der Waals surface area contributed by atoms with Crippen molar-refractivity contribution in [3.05, 3.63) is 24.3 Å². The number of anilines is 2. The molecule has 2 aliphatic heterocycles. The highest BCUT2D eigenvalue weighted by atomic mass is 16.5. The van der Waals surface area contributed by atoms with E-state index < -0.39 is 0 Å². The molecule has 0 saturated carbocycles. The van der Waals surface area contributed by atoms with Crippen molar-refractivity contribution in [2.75, 3.05) is 23.3 Å². The van der Waals surface area contributed by atoms with E-state index >= 15 is 0 Å². The molecule has 3 nitrogen and oxygen atoms in total. The van der Waals surface area contributed by atoms with E-state index in [0.717, 1.165) is 12.8 Å². The summed E-state index contributed by atoms with van der Waals surface area (Å²) in [7, 11) is 0. The Morgan fingerprint density at radius 2 is 1.57 bits per heavy atom. The Hall–Kier alpha value is -1.22. The van der Waals surface area contributed by atoms with Crippen LogP contribution >= 0.6 is 0 Å². The first-order valence-electron chi connectivity index (χ1n) is 8.48. The molecule has 116 valence electrons. The maximum Gasteiger partial charge on any atom is 0.0570 e. The first-order chi connectivity index (χ1) is 10.2. The molecule has 3 rings (SSSR count). The van der Waals surface area contributed by atoms with Gasteiger partial charge in [-0.2, -0.15) is 0 Å². The van der Waals surface area contributed by atoms with Crippen molar-refractivity contribution in [3.63, 3.8) is 0 Å². The van der Waals surface area contributed by atoms with Crippen molar-refractivity contribution in [1.29, 1.82) is 0 Å². The van der Waals surface area contributed by atoms with Gasteiger partial charge in [-0.3, -0.25) is 0 Å². The van der Waals surface area contributed by atoms with Crippen LogP contribution in [0.1, 0.15) is 46.0 Å². The molecule has 2 saturated heterocycles. The van der Waals surface area contributed by atoms with Gasteiger partial charge in [-0.15, -0.1) is 0 Å². The maximum atomic E-state index is 5.81. The van der Waals surface area contributed by atoms with Crippen LogP contribution in [0, 0.1) is 0 Å². The number of hydrogen-bond donors (Lipinski definition) is 1. The van der Waals surface area contributed by atoms with Gasteiger partial charge in [0.25, 0.3) is 0 Å². The summed E-state index contributed by atoms with van der Waals surface area (Å²) in [6.45, 7) is 6.76. The molecule has 0 amide bonds. The highest BCUT2D eigenvalue weighted by molar-refractivity contribution is 5.55. The summed E-state index contributed by atoms with van der Waals surface area (Å²) in [4.78, 5) is 2.51. The van der Waals surface area contributed by atoms with Crippen LogP contribution in [0.25, 0.3) is 0 Å². The number of ether oxygens (including phenoxy) is 1. The zero-order valence-electron chi connectivity index (χ0n) is 13.3. The van der Waals surface area contributed by atoms with E-state index in [9.17, 15) is 0 Å². The monoisotopic (exact) mass is 288 g/mol. The minimum atomic E-state index is 0.360. The van der Waals surface area contributed by atoms with Crippen molar-refractivity contribution in [3.8, 4) is 0 Å². The molecule has 1 aromatic rings. The van der Waals surface area contributed by atoms with E-state index in [2.05, 4.69) is 48.3 Å². The fourth-order valence-corrected chi connectivity index (χ4v) is 3.68. The molecule has 0 aliphatic carbocycles. The van der Waals surface area contributed by atoms with Gasteiger partial charge in [0.05, 0.1) is 12.2 Å². The van der Waals surface area contributed by atoms with Gasteiger partial charge in [0, 0.05) is 30.5 Å². The summed E-state index contributed by atoms with van der Waals surface area (Å²) in [5, 5.41) is 3.67. The van der Waals surface area contributed by atoms with E-state index in [1.54, 1.807) is 0 Å². The zero-order valence-corrected chi connectivity index (χ0v) is 13.3. The second-order valence-electron chi connectivity index (χ2n) is 6.66. The van der Waals surface area contributed by atoms with Gasteiger partial charge in [0.1, 0.15) is 0 Å². The minimum absolute atomic E-state index is 0.360. The van der Waals surface area contributed by atoms with Crippen molar-refractivity contribution in [1.82, 2.24) is 0 Å². The third-order valence-corrected chi connectivity index (χ3v) is 4.66. The first-order valence-corrected chi connectivity index (χ1v) is 8.48. The van der Waals surface area contributed by atoms with Crippen molar-refractivity contribution in [2.45, 2.75) is 64.2 Å². The molecule has 2 fully saturated rings. The van der Waals surface area contributed by atoms with Gasteiger partial charge in [0.2, 0.25) is 0 Å². The van der Waals surface area contributed by atoms with Gasteiger partial charge in [-0.05, 0) is 70.2 Å². The minimum Gasteiger partial charge on any atom is -0.382 e. The zero-order chi connectivity index (χ0) is 14.7. The average Bonchev–Trinajstić information content (AvgIpc) is 2.48. The summed E-state index contributed by atoms with van der Waals surface area (Å²) >= 11 is 0. The standard InChI is InChI=1S/C18H28N2O/c1-14-12-17(13-15(2)21-14)19-16-6-8-18(9-7-16)20-10-4-3-5-11-20/h6-9,14-15,17,19H,3-5,10-13H2,1-2H3. The number of piperidine rings is 1. The lowest BCUT2D eigenvalue weighted by Gasteiger charge is -2.33. The lowest BCUT2D eigenvalue weighted by atomic mass is 9.99. The quantitative estimate of drug-likeness (QED) is 0.908. The largest absolute Gasteiger partial charge is 0.382 e. The van der Waals surface area contributed by atoms with Crippen LogP contribution in [0.15, 0.2) is 24.3 Å². The van der Waals surface area contributed by atoms with Crippen LogP contribution in [-0.4, -0.2) is 31.3 Å². The molecule has 0 aromatic heterocycles. The third kappa shape index (κ3) is 3.91. The number of hydrogen-bond acceptors (Lipinski definition) is 3. The Kier molecular flexibility index (Phi) is 4.69. The molecule has 2 heterocycles. The normalized spacial score (nSPS) is 30.2. The van der Waals surface area contributed by atoms with Crippen LogP contribution < -0.4 is 10.2 Å². The van der Waals surface area contributed by atoms with Crippen LogP contribution in [0.3, 0.4) is 0 Å². The molecule has 0 bridgehead atoms. The van der Waals surface area contributed by atoms with E-state index in [-0.39, 0.29) is 0 Å². The van der Waals surface area contributed by atoms with Crippen molar-refractivity contribution in [2.24, 2.45) is 0 Å². The fourth-order valence-electron chi connectivity index (χ4n) is 3.68. The van der Waals surface area contributed by atoms with Crippen LogP contribution in [0.2, 0.25) is 0 Å². The molecule has 0 spiro atoms. The van der Waals surface area contributed by atoms with Crippen LogP contribution in [0.4, 0.5) is 11.4 Å². The van der Waals surface area contributed by atoms with Gasteiger partial charge < -0.3 is 15.0 Å². The lowest BCUT2D eigenvalue weighted by molar-refractivity contribution is -0.0337. The summed E-state index contributed by atoms with van der Waals surface area (Å²) in [5.41, 5.74) is 2.61. The summed E-state index contributed by atoms with van der Waals surface area (Å²) < 4.78 is 5.81. The lowest BCUT2D eigenvalue weighted by Crippen LogP contribution is -2.36. The van der Waals surface area contributed by atoms with Gasteiger partial charge in [0.15, 0.2) is 0 Å². The highest BCUT2D eigenvalue weighted by Gasteiger charge is 2.24. The topological polar surface area (TPSA) is 24.5 Å². The predicted molar refractivity (Wildman–Crippen MR) is 89.2 cm³/mol. The molecule has 0 radical (unpaired) electrons. The maximum absolute atomic E-state index is 5.81. The number of rotatable bonds is 3. The molecule has 2 unspecified atom stereocenters. The summed E-state index contributed by atoms with van der Waals surface area (Å²) in [6.07, 6.45) is 6.96. The molecule has 3 heteroatoms. The van der Waals surface area contributed by atoms with Crippen molar-refractivity contribution < 1.29 is 4.74 Å². The molecule has 2 atom stereocenters. The van der Waals surface area contributed by atoms with Crippen LogP contribution in [0.5, 0.6) is 0 Å².